The van der Waals surface area contributed by atoms with Crippen LogP contribution < -0.4 is 11.1 Å². The summed E-state index contributed by atoms with van der Waals surface area (Å²) in [4.78, 5) is 0. The summed E-state index contributed by atoms with van der Waals surface area (Å²) in [5.41, 5.74) is 7.16. The molecular weight excluding hydrogens is 174 g/mol. The molecule has 1 rings (SSSR count). The average Bonchev–Trinajstić information content (AvgIpc) is 2.19. The second kappa shape index (κ2) is 5.25. The van der Waals surface area contributed by atoms with Crippen LogP contribution in [0.4, 0.5) is 5.69 Å². The molecule has 0 saturated heterocycles. The van der Waals surface area contributed by atoms with Crippen molar-refractivity contribution in [1.29, 1.82) is 5.26 Å². The molecule has 74 valence electrons. The Morgan fingerprint density at radius 3 is 2.57 bits per heavy atom. The minimum atomic E-state index is 0.368. The normalized spacial score (nSPS) is 11.8. The van der Waals surface area contributed by atoms with Gasteiger partial charge in [0.2, 0.25) is 0 Å². The summed E-state index contributed by atoms with van der Waals surface area (Å²) in [7, 11) is 0. The SMILES string of the molecule is CC(CCN)Nc1ccc(C#N)cc1. The third kappa shape index (κ3) is 3.08. The zero-order valence-corrected chi connectivity index (χ0v) is 8.33. The van der Waals surface area contributed by atoms with Crippen LogP contribution in [0.2, 0.25) is 0 Å². The van der Waals surface area contributed by atoms with Crippen LogP contribution in [-0.2, 0) is 0 Å². The molecule has 14 heavy (non-hydrogen) atoms. The van der Waals surface area contributed by atoms with E-state index in [1.54, 1.807) is 12.1 Å². The average molecular weight is 189 g/mol. The van der Waals surface area contributed by atoms with Gasteiger partial charge in [0.15, 0.2) is 0 Å². The van der Waals surface area contributed by atoms with Gasteiger partial charge >= 0.3 is 0 Å². The zero-order valence-electron chi connectivity index (χ0n) is 8.33. The number of rotatable bonds is 4. The first-order valence-electron chi connectivity index (χ1n) is 4.73. The van der Waals surface area contributed by atoms with E-state index in [-0.39, 0.29) is 0 Å². The zero-order chi connectivity index (χ0) is 10.4. The fourth-order valence-electron chi connectivity index (χ4n) is 1.25. The standard InChI is InChI=1S/C11H15N3/c1-9(6-7-12)14-11-4-2-10(8-13)3-5-11/h2-5,9,14H,6-7,12H2,1H3. The number of nitriles is 1. The van der Waals surface area contributed by atoms with E-state index in [0.717, 1.165) is 12.1 Å². The minimum Gasteiger partial charge on any atom is -0.383 e. The van der Waals surface area contributed by atoms with Crippen LogP contribution in [0.15, 0.2) is 24.3 Å². The molecule has 0 aliphatic carbocycles. The van der Waals surface area contributed by atoms with Crippen molar-refractivity contribution < 1.29 is 0 Å². The minimum absolute atomic E-state index is 0.368. The Morgan fingerprint density at radius 1 is 1.43 bits per heavy atom. The number of nitrogens with one attached hydrogen (secondary N) is 1. The fourth-order valence-corrected chi connectivity index (χ4v) is 1.25. The Morgan fingerprint density at radius 2 is 2.07 bits per heavy atom. The number of benzene rings is 1. The molecule has 0 heterocycles. The molecule has 0 bridgehead atoms. The number of nitrogens with two attached hydrogens (primary N) is 1. The molecule has 0 aromatic heterocycles. The van der Waals surface area contributed by atoms with Gasteiger partial charge in [-0.25, -0.2) is 0 Å². The molecule has 3 heteroatoms. The van der Waals surface area contributed by atoms with Gasteiger partial charge in [-0.2, -0.15) is 5.26 Å². The highest BCUT2D eigenvalue weighted by Gasteiger charge is 1.99. The number of hydrogen-bond donors (Lipinski definition) is 2. The van der Waals surface area contributed by atoms with Crippen molar-refractivity contribution in [3.8, 4) is 6.07 Å². The lowest BCUT2D eigenvalue weighted by Gasteiger charge is -2.13. The predicted octanol–water partition coefficient (Wildman–Crippen LogP) is 1.71. The van der Waals surface area contributed by atoms with Crippen molar-refractivity contribution in [3.05, 3.63) is 29.8 Å². The molecule has 0 saturated carbocycles. The van der Waals surface area contributed by atoms with Crippen LogP contribution in [0.5, 0.6) is 0 Å². The highest BCUT2D eigenvalue weighted by atomic mass is 14.9. The highest BCUT2D eigenvalue weighted by Crippen LogP contribution is 2.10. The lowest BCUT2D eigenvalue weighted by molar-refractivity contribution is 0.717. The number of hydrogen-bond acceptors (Lipinski definition) is 3. The summed E-state index contributed by atoms with van der Waals surface area (Å²) in [6, 6.07) is 9.88. The second-order valence-electron chi connectivity index (χ2n) is 3.31. The molecule has 0 amide bonds. The molecule has 1 atom stereocenters. The van der Waals surface area contributed by atoms with E-state index in [0.29, 0.717) is 18.2 Å². The van der Waals surface area contributed by atoms with E-state index in [9.17, 15) is 0 Å². The van der Waals surface area contributed by atoms with Gasteiger partial charge in [-0.15, -0.1) is 0 Å². The Hall–Kier alpha value is -1.53. The topological polar surface area (TPSA) is 61.8 Å². The van der Waals surface area contributed by atoms with E-state index < -0.39 is 0 Å². The summed E-state index contributed by atoms with van der Waals surface area (Å²) in [6.45, 7) is 2.77. The van der Waals surface area contributed by atoms with Crippen LogP contribution in [0.3, 0.4) is 0 Å². The van der Waals surface area contributed by atoms with Gasteiger partial charge in [0.05, 0.1) is 11.6 Å². The molecule has 0 aliphatic heterocycles. The van der Waals surface area contributed by atoms with E-state index in [2.05, 4.69) is 18.3 Å². The second-order valence-corrected chi connectivity index (χ2v) is 3.31. The third-order valence-corrected chi connectivity index (χ3v) is 2.03. The van der Waals surface area contributed by atoms with Crippen LogP contribution in [0, 0.1) is 11.3 Å². The first-order valence-corrected chi connectivity index (χ1v) is 4.73. The van der Waals surface area contributed by atoms with Gasteiger partial charge in [-0.1, -0.05) is 0 Å². The smallest absolute Gasteiger partial charge is 0.0991 e. The van der Waals surface area contributed by atoms with Gasteiger partial charge in [-0.3, -0.25) is 0 Å². The van der Waals surface area contributed by atoms with Gasteiger partial charge in [0, 0.05) is 11.7 Å². The molecule has 3 nitrogen and oxygen atoms in total. The summed E-state index contributed by atoms with van der Waals surface area (Å²) < 4.78 is 0. The van der Waals surface area contributed by atoms with E-state index in [1.165, 1.54) is 0 Å². The summed E-state index contributed by atoms with van der Waals surface area (Å²) in [5, 5.41) is 11.9. The maximum atomic E-state index is 8.61. The summed E-state index contributed by atoms with van der Waals surface area (Å²) in [6.07, 6.45) is 0.944. The first kappa shape index (κ1) is 10.6. The van der Waals surface area contributed by atoms with Crippen LogP contribution >= 0.6 is 0 Å². The van der Waals surface area contributed by atoms with Crippen LogP contribution in [0.25, 0.3) is 0 Å². The lowest BCUT2D eigenvalue weighted by atomic mass is 10.2. The Kier molecular flexibility index (Phi) is 3.96. The molecular formula is C11H15N3. The Balaban J connectivity index is 2.56. The lowest BCUT2D eigenvalue weighted by Crippen LogP contribution is -2.19. The van der Waals surface area contributed by atoms with Gasteiger partial charge < -0.3 is 11.1 Å². The molecule has 3 N–H and O–H groups in total. The largest absolute Gasteiger partial charge is 0.383 e. The highest BCUT2D eigenvalue weighted by molar-refractivity contribution is 5.47. The predicted molar refractivity (Wildman–Crippen MR) is 57.9 cm³/mol. The Bertz CT molecular complexity index is 310. The van der Waals surface area contributed by atoms with Crippen molar-refractivity contribution >= 4 is 5.69 Å². The summed E-state index contributed by atoms with van der Waals surface area (Å²) in [5.74, 6) is 0. The fraction of sp³-hybridized carbons (Fsp3) is 0.364. The third-order valence-electron chi connectivity index (χ3n) is 2.03. The van der Waals surface area contributed by atoms with E-state index >= 15 is 0 Å². The van der Waals surface area contributed by atoms with E-state index in [4.69, 9.17) is 11.0 Å². The van der Waals surface area contributed by atoms with Gasteiger partial charge in [0.25, 0.3) is 0 Å². The van der Waals surface area contributed by atoms with Crippen LogP contribution in [-0.4, -0.2) is 12.6 Å². The van der Waals surface area contributed by atoms with E-state index in [1.807, 2.05) is 12.1 Å². The van der Waals surface area contributed by atoms with Crippen molar-refractivity contribution in [2.75, 3.05) is 11.9 Å². The molecule has 0 aliphatic rings. The molecule has 0 fully saturated rings. The molecule has 1 aromatic rings. The van der Waals surface area contributed by atoms with Crippen molar-refractivity contribution in [2.45, 2.75) is 19.4 Å². The first-order chi connectivity index (χ1) is 6.76. The van der Waals surface area contributed by atoms with Crippen molar-refractivity contribution in [2.24, 2.45) is 5.73 Å². The molecule has 1 aromatic carbocycles. The number of nitrogens with zero attached hydrogens (tertiary/aromatic N) is 1. The maximum absolute atomic E-state index is 8.61. The number of anilines is 1. The summed E-state index contributed by atoms with van der Waals surface area (Å²) >= 11 is 0. The van der Waals surface area contributed by atoms with Crippen molar-refractivity contribution in [1.82, 2.24) is 0 Å². The quantitative estimate of drug-likeness (QED) is 0.758. The van der Waals surface area contributed by atoms with Crippen LogP contribution in [0.1, 0.15) is 18.9 Å². The molecule has 0 radical (unpaired) electrons. The monoisotopic (exact) mass is 189 g/mol. The van der Waals surface area contributed by atoms with Gasteiger partial charge in [-0.05, 0) is 44.2 Å². The van der Waals surface area contributed by atoms with Gasteiger partial charge in [0.1, 0.15) is 0 Å². The Labute approximate surface area is 84.5 Å². The van der Waals surface area contributed by atoms with Crippen molar-refractivity contribution in [3.63, 3.8) is 0 Å². The molecule has 0 spiro atoms. The molecule has 1 unspecified atom stereocenters. The maximum Gasteiger partial charge on any atom is 0.0991 e.